The minimum atomic E-state index is -0.00241. The van der Waals surface area contributed by atoms with Gasteiger partial charge >= 0.3 is 0 Å². The number of unbranched alkanes of at least 4 members (excludes halogenated alkanes) is 1. The number of amides is 1. The van der Waals surface area contributed by atoms with Gasteiger partial charge in [-0.25, -0.2) is 0 Å². The summed E-state index contributed by atoms with van der Waals surface area (Å²) in [5, 5.41) is 0. The van der Waals surface area contributed by atoms with E-state index >= 15 is 0 Å². The number of nitrogens with zero attached hydrogens (tertiary/aromatic N) is 3. The Kier molecular flexibility index (Phi) is 5.64. The van der Waals surface area contributed by atoms with Crippen molar-refractivity contribution < 1.29 is 9.53 Å². The van der Waals surface area contributed by atoms with Crippen molar-refractivity contribution in [3.05, 3.63) is 54.1 Å². The molecule has 2 aromatic rings. The number of fused-ring (bicyclic) bond motifs is 1. The van der Waals surface area contributed by atoms with Gasteiger partial charge < -0.3 is 14.2 Å². The molecule has 1 atom stereocenters. The molecule has 0 fully saturated rings. The topological polar surface area (TPSA) is 47.4 Å². The lowest BCUT2D eigenvalue weighted by Gasteiger charge is -2.24. The normalized spacial score (nSPS) is 17.4. The number of rotatable bonds is 6. The van der Waals surface area contributed by atoms with E-state index in [4.69, 9.17) is 4.74 Å². The molecular weight excluding hydrogens is 302 g/mol. The van der Waals surface area contributed by atoms with Gasteiger partial charge in [0.2, 0.25) is 5.91 Å². The molecule has 0 bridgehead atoms. The van der Waals surface area contributed by atoms with Crippen LogP contribution in [0, 0.1) is 0 Å². The average molecular weight is 327 g/mol. The second kappa shape index (κ2) is 8.11. The summed E-state index contributed by atoms with van der Waals surface area (Å²) in [6.07, 6.45) is 8.22. The summed E-state index contributed by atoms with van der Waals surface area (Å²) in [4.78, 5) is 18.5. The van der Waals surface area contributed by atoms with E-state index in [1.165, 1.54) is 5.69 Å². The second-order valence-corrected chi connectivity index (χ2v) is 6.32. The highest BCUT2D eigenvalue weighted by Crippen LogP contribution is 2.18. The maximum absolute atomic E-state index is 12.5. The van der Waals surface area contributed by atoms with E-state index in [0.717, 1.165) is 24.9 Å². The lowest BCUT2D eigenvalue weighted by Crippen LogP contribution is -2.37. The van der Waals surface area contributed by atoms with Gasteiger partial charge in [0.1, 0.15) is 0 Å². The third-order valence-corrected chi connectivity index (χ3v) is 4.43. The van der Waals surface area contributed by atoms with E-state index in [2.05, 4.69) is 28.7 Å². The predicted molar refractivity (Wildman–Crippen MR) is 92.2 cm³/mol. The molecule has 0 saturated heterocycles. The minimum Gasteiger partial charge on any atom is -0.370 e. The molecule has 5 heteroatoms. The number of hydrogen-bond donors (Lipinski definition) is 0. The highest BCUT2D eigenvalue weighted by molar-refractivity contribution is 5.76. The average Bonchev–Trinajstić information content (AvgIpc) is 2.96. The van der Waals surface area contributed by atoms with Gasteiger partial charge in [-0.15, -0.1) is 0 Å². The van der Waals surface area contributed by atoms with Gasteiger partial charge in [-0.3, -0.25) is 9.78 Å². The van der Waals surface area contributed by atoms with Crippen molar-refractivity contribution in [2.75, 3.05) is 6.54 Å². The zero-order chi connectivity index (χ0) is 16.8. The molecule has 24 heavy (non-hydrogen) atoms. The van der Waals surface area contributed by atoms with E-state index in [1.807, 2.05) is 23.1 Å². The van der Waals surface area contributed by atoms with Crippen LogP contribution in [0.3, 0.4) is 0 Å². The summed E-state index contributed by atoms with van der Waals surface area (Å²) in [6, 6.07) is 8.05. The van der Waals surface area contributed by atoms with Crippen molar-refractivity contribution in [2.45, 2.75) is 52.0 Å². The van der Waals surface area contributed by atoms with Crippen molar-refractivity contribution >= 4 is 5.91 Å². The largest absolute Gasteiger partial charge is 0.370 e. The first-order valence-electron chi connectivity index (χ1n) is 8.68. The van der Waals surface area contributed by atoms with Crippen LogP contribution in [0.25, 0.3) is 0 Å². The van der Waals surface area contributed by atoms with Crippen LogP contribution in [-0.4, -0.2) is 33.0 Å². The first-order valence-corrected chi connectivity index (χ1v) is 8.68. The minimum absolute atomic E-state index is 0.00241. The molecule has 128 valence electrons. The number of ether oxygens (including phenoxy) is 1. The molecule has 3 rings (SSSR count). The fourth-order valence-corrected chi connectivity index (χ4v) is 3.03. The third kappa shape index (κ3) is 4.23. The van der Waals surface area contributed by atoms with Gasteiger partial charge in [-0.2, -0.15) is 0 Å². The molecule has 3 heterocycles. The van der Waals surface area contributed by atoms with Gasteiger partial charge in [0.15, 0.2) is 0 Å². The Morgan fingerprint density at radius 3 is 2.92 bits per heavy atom. The molecule has 1 amide bonds. The molecule has 1 aliphatic rings. The van der Waals surface area contributed by atoms with Crippen LogP contribution in [0.1, 0.15) is 37.4 Å². The Bertz CT molecular complexity index is 654. The Morgan fingerprint density at radius 1 is 1.29 bits per heavy atom. The summed E-state index contributed by atoms with van der Waals surface area (Å²) in [5.41, 5.74) is 2.28. The zero-order valence-electron chi connectivity index (χ0n) is 14.2. The van der Waals surface area contributed by atoms with E-state index in [9.17, 15) is 4.79 Å². The fraction of sp³-hybridized carbons (Fsp3) is 0.474. The number of carbonyl (C=O) groups is 1. The Hall–Kier alpha value is -2.14. The Balaban J connectivity index is 1.68. The van der Waals surface area contributed by atoms with E-state index < -0.39 is 0 Å². The van der Waals surface area contributed by atoms with Crippen LogP contribution in [0.4, 0.5) is 0 Å². The molecule has 0 radical (unpaired) electrons. The second-order valence-electron chi connectivity index (χ2n) is 6.32. The summed E-state index contributed by atoms with van der Waals surface area (Å²) in [6.45, 7) is 4.76. The van der Waals surface area contributed by atoms with Crippen molar-refractivity contribution in [1.82, 2.24) is 14.5 Å². The Morgan fingerprint density at radius 2 is 2.12 bits per heavy atom. The number of pyridine rings is 1. The molecule has 0 aliphatic carbocycles. The van der Waals surface area contributed by atoms with Gasteiger partial charge in [-0.05, 0) is 36.2 Å². The third-order valence-electron chi connectivity index (χ3n) is 4.43. The Labute approximate surface area is 143 Å². The molecule has 0 aromatic carbocycles. The predicted octanol–water partition coefficient (Wildman–Crippen LogP) is 3.00. The lowest BCUT2D eigenvalue weighted by atomic mass is 10.2. The molecule has 0 N–H and O–H groups in total. The molecule has 1 aliphatic heterocycles. The van der Waals surface area contributed by atoms with Crippen molar-refractivity contribution in [2.24, 2.45) is 0 Å². The molecule has 5 nitrogen and oxygen atoms in total. The first kappa shape index (κ1) is 16.7. The van der Waals surface area contributed by atoms with Gasteiger partial charge in [-0.1, -0.05) is 13.3 Å². The van der Waals surface area contributed by atoms with E-state index in [0.29, 0.717) is 26.1 Å². The van der Waals surface area contributed by atoms with Crippen LogP contribution in [0.15, 0.2) is 42.9 Å². The maximum atomic E-state index is 12.5. The summed E-state index contributed by atoms with van der Waals surface area (Å²) < 4.78 is 8.32. The van der Waals surface area contributed by atoms with E-state index in [-0.39, 0.29) is 12.0 Å². The molecule has 0 spiro atoms. The summed E-state index contributed by atoms with van der Waals surface area (Å²) >= 11 is 0. The monoisotopic (exact) mass is 327 g/mol. The van der Waals surface area contributed by atoms with E-state index in [1.54, 1.807) is 12.4 Å². The molecule has 0 saturated carbocycles. The van der Waals surface area contributed by atoms with Gasteiger partial charge in [0.25, 0.3) is 0 Å². The van der Waals surface area contributed by atoms with Crippen LogP contribution >= 0.6 is 0 Å². The highest BCUT2D eigenvalue weighted by atomic mass is 16.5. The number of aromatic nitrogens is 2. The van der Waals surface area contributed by atoms with Crippen molar-refractivity contribution in [3.63, 3.8) is 0 Å². The highest BCUT2D eigenvalue weighted by Gasteiger charge is 2.25. The van der Waals surface area contributed by atoms with Crippen molar-refractivity contribution in [1.29, 1.82) is 0 Å². The first-order chi connectivity index (χ1) is 11.8. The van der Waals surface area contributed by atoms with Crippen LogP contribution < -0.4 is 0 Å². The molecular formula is C19H25N3O2. The number of carbonyl (C=O) groups excluding carboxylic acids is 1. The van der Waals surface area contributed by atoms with Crippen LogP contribution in [-0.2, 0) is 29.2 Å². The summed E-state index contributed by atoms with van der Waals surface area (Å²) in [5.74, 6) is 0.226. The number of hydrogen-bond acceptors (Lipinski definition) is 3. The zero-order valence-corrected chi connectivity index (χ0v) is 14.2. The SMILES string of the molecule is CCCCC(=O)N1Cc2cccn2C[C@H](OCc2ccncc2)C1. The fourth-order valence-electron chi connectivity index (χ4n) is 3.03. The molecule has 2 aromatic heterocycles. The van der Waals surface area contributed by atoms with Crippen LogP contribution in [0.5, 0.6) is 0 Å². The van der Waals surface area contributed by atoms with Gasteiger partial charge in [0.05, 0.1) is 25.8 Å². The smallest absolute Gasteiger partial charge is 0.223 e. The van der Waals surface area contributed by atoms with Crippen molar-refractivity contribution in [3.8, 4) is 0 Å². The lowest BCUT2D eigenvalue weighted by molar-refractivity contribution is -0.134. The quantitative estimate of drug-likeness (QED) is 0.819. The molecule has 0 unspecified atom stereocenters. The summed E-state index contributed by atoms with van der Waals surface area (Å²) in [7, 11) is 0. The maximum Gasteiger partial charge on any atom is 0.223 e. The van der Waals surface area contributed by atoms with Gasteiger partial charge in [0, 0.05) is 37.3 Å². The van der Waals surface area contributed by atoms with Crippen LogP contribution in [0.2, 0.25) is 0 Å². The standard InChI is InChI=1S/C19H25N3O2/c1-2-3-6-19(23)22-12-17-5-4-11-21(17)13-18(14-22)24-15-16-7-9-20-10-8-16/h4-5,7-11,18H,2-3,6,12-15H2,1H3/t18-/m0/s1.